The highest BCUT2D eigenvalue weighted by Gasteiger charge is 2.07. The molecule has 2 aromatic carbocycles. The monoisotopic (exact) mass is 256 g/mol. The minimum absolute atomic E-state index is 0.990. The van der Waals surface area contributed by atoms with E-state index in [0.29, 0.717) is 0 Å². The van der Waals surface area contributed by atoms with Gasteiger partial charge in [0.1, 0.15) is 11.3 Å². The number of aryl methyl sites for hydroxylation is 2. The van der Waals surface area contributed by atoms with Crippen LogP contribution in [0.4, 0.5) is 0 Å². The molecule has 3 rings (SSSR count). The Morgan fingerprint density at radius 3 is 1.89 bits per heavy atom. The van der Waals surface area contributed by atoms with Crippen LogP contribution in [0.1, 0.15) is 39.0 Å². The maximum atomic E-state index is 5.71. The fraction of sp³-hybridized carbons (Fsp3) is 0.333. The predicted molar refractivity (Wildman–Crippen MR) is 85.9 cm³/mol. The minimum atomic E-state index is 0.990. The van der Waals surface area contributed by atoms with E-state index in [0.717, 1.165) is 11.3 Å². The molecular weight excluding hydrogens is 232 g/mol. The molecule has 0 saturated carbocycles. The van der Waals surface area contributed by atoms with E-state index in [4.69, 9.17) is 4.42 Å². The van der Waals surface area contributed by atoms with Gasteiger partial charge < -0.3 is 4.42 Å². The summed E-state index contributed by atoms with van der Waals surface area (Å²) < 4.78 is 5.71. The van der Waals surface area contributed by atoms with E-state index in [1.165, 1.54) is 21.7 Å². The number of rotatable bonds is 0. The highest BCUT2D eigenvalue weighted by molar-refractivity contribution is 5.97. The zero-order valence-electron chi connectivity index (χ0n) is 12.9. The maximum Gasteiger partial charge on any atom is 0.135 e. The molecule has 0 spiro atoms. The lowest BCUT2D eigenvalue weighted by atomic mass is 10.1. The average molecular weight is 256 g/mol. The van der Waals surface area contributed by atoms with Crippen molar-refractivity contribution in [3.05, 3.63) is 47.7 Å². The van der Waals surface area contributed by atoms with Crippen LogP contribution in [0.25, 0.3) is 21.7 Å². The van der Waals surface area contributed by atoms with Crippen LogP contribution >= 0.6 is 0 Å². The topological polar surface area (TPSA) is 13.1 Å². The van der Waals surface area contributed by atoms with Gasteiger partial charge in [0.25, 0.3) is 0 Å². The molecule has 1 nitrogen and oxygen atoms in total. The second-order valence-corrected chi connectivity index (χ2v) is 3.98. The lowest BCUT2D eigenvalue weighted by molar-refractivity contribution is 0.575. The minimum Gasteiger partial charge on any atom is -0.461 e. The van der Waals surface area contributed by atoms with Crippen molar-refractivity contribution in [2.75, 3.05) is 0 Å². The van der Waals surface area contributed by atoms with Gasteiger partial charge in [-0.1, -0.05) is 52.0 Å². The van der Waals surface area contributed by atoms with E-state index in [1.807, 2.05) is 34.6 Å². The fourth-order valence-corrected chi connectivity index (χ4v) is 2.03. The van der Waals surface area contributed by atoms with Crippen molar-refractivity contribution in [2.24, 2.45) is 0 Å². The van der Waals surface area contributed by atoms with E-state index in [2.05, 4.69) is 43.3 Å². The largest absolute Gasteiger partial charge is 0.461 e. The highest BCUT2D eigenvalue weighted by atomic mass is 16.3. The summed E-state index contributed by atoms with van der Waals surface area (Å²) in [7, 11) is 0. The standard InChI is InChI=1S/C14H12O.2C2H6/c1-9-10(2)15-14-8-12-6-4-3-5-11(12)7-13(9)14;2*1-2/h3-8H,1-2H3;2*1-2H3. The zero-order valence-corrected chi connectivity index (χ0v) is 12.9. The summed E-state index contributed by atoms with van der Waals surface area (Å²) in [6.45, 7) is 12.1. The Morgan fingerprint density at radius 1 is 0.789 bits per heavy atom. The van der Waals surface area contributed by atoms with Gasteiger partial charge in [0, 0.05) is 5.39 Å². The second-order valence-electron chi connectivity index (χ2n) is 3.98. The third-order valence-corrected chi connectivity index (χ3v) is 3.04. The molecule has 0 fully saturated rings. The molecule has 0 aliphatic carbocycles. The van der Waals surface area contributed by atoms with Gasteiger partial charge >= 0.3 is 0 Å². The first-order valence-corrected chi connectivity index (χ1v) is 7.14. The molecule has 1 heteroatoms. The number of hydrogen-bond acceptors (Lipinski definition) is 1. The molecule has 0 amide bonds. The van der Waals surface area contributed by atoms with E-state index in [1.54, 1.807) is 0 Å². The van der Waals surface area contributed by atoms with Crippen LogP contribution < -0.4 is 0 Å². The van der Waals surface area contributed by atoms with Crippen LogP contribution in [0.5, 0.6) is 0 Å². The van der Waals surface area contributed by atoms with Gasteiger partial charge in [0.05, 0.1) is 0 Å². The van der Waals surface area contributed by atoms with Gasteiger partial charge in [0.15, 0.2) is 0 Å². The first-order valence-electron chi connectivity index (χ1n) is 7.14. The van der Waals surface area contributed by atoms with E-state index in [9.17, 15) is 0 Å². The number of furan rings is 1. The Bertz CT molecular complexity index is 647. The Morgan fingerprint density at radius 2 is 1.32 bits per heavy atom. The first kappa shape index (κ1) is 15.3. The molecule has 102 valence electrons. The Hall–Kier alpha value is -1.76. The average Bonchev–Trinajstić information content (AvgIpc) is 2.76. The summed E-state index contributed by atoms with van der Waals surface area (Å²) in [5.41, 5.74) is 2.24. The van der Waals surface area contributed by atoms with Crippen LogP contribution in [-0.2, 0) is 0 Å². The molecule has 0 radical (unpaired) electrons. The molecule has 0 bridgehead atoms. The lowest BCUT2D eigenvalue weighted by Crippen LogP contribution is -1.73. The SMILES string of the molecule is CC.CC.Cc1oc2cc3ccccc3cc2c1C. The van der Waals surface area contributed by atoms with Crippen molar-refractivity contribution in [1.82, 2.24) is 0 Å². The summed E-state index contributed by atoms with van der Waals surface area (Å²) >= 11 is 0. The molecule has 1 heterocycles. The van der Waals surface area contributed by atoms with Gasteiger partial charge in [-0.05, 0) is 42.3 Å². The molecule has 0 N–H and O–H groups in total. The third kappa shape index (κ3) is 2.98. The predicted octanol–water partition coefficient (Wildman–Crippen LogP) is 6.26. The molecular formula is C18H24O. The van der Waals surface area contributed by atoms with E-state index < -0.39 is 0 Å². The molecule has 0 atom stereocenters. The molecule has 0 aliphatic heterocycles. The van der Waals surface area contributed by atoms with Gasteiger partial charge in [0.2, 0.25) is 0 Å². The van der Waals surface area contributed by atoms with E-state index >= 15 is 0 Å². The Kier molecular flexibility index (Phi) is 5.62. The Labute approximate surface area is 116 Å². The highest BCUT2D eigenvalue weighted by Crippen LogP contribution is 2.28. The quantitative estimate of drug-likeness (QED) is 0.463. The fourth-order valence-electron chi connectivity index (χ4n) is 2.03. The summed E-state index contributed by atoms with van der Waals surface area (Å²) in [5.74, 6) is 1.01. The van der Waals surface area contributed by atoms with Crippen molar-refractivity contribution in [1.29, 1.82) is 0 Å². The first-order chi connectivity index (χ1) is 9.25. The summed E-state index contributed by atoms with van der Waals surface area (Å²) in [5, 5.41) is 3.74. The van der Waals surface area contributed by atoms with Crippen molar-refractivity contribution in [3.63, 3.8) is 0 Å². The summed E-state index contributed by atoms with van der Waals surface area (Å²) in [4.78, 5) is 0. The van der Waals surface area contributed by atoms with Crippen LogP contribution in [0.15, 0.2) is 40.8 Å². The summed E-state index contributed by atoms with van der Waals surface area (Å²) in [6, 6.07) is 12.7. The molecule has 1 aromatic heterocycles. The van der Waals surface area contributed by atoms with Gasteiger partial charge in [-0.15, -0.1) is 0 Å². The third-order valence-electron chi connectivity index (χ3n) is 3.04. The van der Waals surface area contributed by atoms with Crippen molar-refractivity contribution >= 4 is 21.7 Å². The van der Waals surface area contributed by atoms with Crippen molar-refractivity contribution in [3.8, 4) is 0 Å². The molecule has 19 heavy (non-hydrogen) atoms. The number of fused-ring (bicyclic) bond motifs is 2. The van der Waals surface area contributed by atoms with Gasteiger partial charge in [-0.3, -0.25) is 0 Å². The van der Waals surface area contributed by atoms with Crippen molar-refractivity contribution < 1.29 is 4.42 Å². The molecule has 0 unspecified atom stereocenters. The zero-order chi connectivity index (χ0) is 14.4. The lowest BCUT2D eigenvalue weighted by Gasteiger charge is -1.96. The van der Waals surface area contributed by atoms with Gasteiger partial charge in [-0.2, -0.15) is 0 Å². The van der Waals surface area contributed by atoms with Crippen LogP contribution in [0.2, 0.25) is 0 Å². The smallest absolute Gasteiger partial charge is 0.135 e. The van der Waals surface area contributed by atoms with Crippen LogP contribution in [0.3, 0.4) is 0 Å². The van der Waals surface area contributed by atoms with Crippen LogP contribution in [-0.4, -0.2) is 0 Å². The molecule has 0 aliphatic rings. The molecule has 0 saturated heterocycles. The maximum absolute atomic E-state index is 5.71. The molecule has 3 aromatic rings. The van der Waals surface area contributed by atoms with Gasteiger partial charge in [-0.25, -0.2) is 0 Å². The van der Waals surface area contributed by atoms with Crippen molar-refractivity contribution in [2.45, 2.75) is 41.5 Å². The number of benzene rings is 2. The van der Waals surface area contributed by atoms with Crippen LogP contribution in [0, 0.1) is 13.8 Å². The van der Waals surface area contributed by atoms with E-state index in [-0.39, 0.29) is 0 Å². The number of hydrogen-bond donors (Lipinski definition) is 0. The second kappa shape index (κ2) is 6.98. The Balaban J connectivity index is 0.000000415. The summed E-state index contributed by atoms with van der Waals surface area (Å²) in [6.07, 6.45) is 0. The normalized spacial score (nSPS) is 9.58.